The van der Waals surface area contributed by atoms with Crippen molar-refractivity contribution in [3.8, 4) is 0 Å². The van der Waals surface area contributed by atoms with E-state index in [1.54, 1.807) is 0 Å². The summed E-state index contributed by atoms with van der Waals surface area (Å²) in [6.45, 7) is 6.61. The van der Waals surface area contributed by atoms with E-state index in [0.717, 1.165) is 12.5 Å². The molecule has 0 amide bonds. The number of carbonyl (C=O) groups is 3. The maximum Gasteiger partial charge on any atom is 0.380 e. The highest BCUT2D eigenvalue weighted by atomic mass is 35.5. The van der Waals surface area contributed by atoms with Crippen LogP contribution in [0.25, 0.3) is 0 Å². The molecule has 0 atom stereocenters. The Morgan fingerprint density at radius 2 is 1.42 bits per heavy atom. The standard InChI is InChI=1S/C12H10Cl2O5/c1-8(13)3-5-18-11(16)7-10(15)12(17)19-6-4-9(2)14/h3-6H,1-2,7H2. The van der Waals surface area contributed by atoms with Crippen molar-refractivity contribution < 1.29 is 23.9 Å². The number of allylic oxidation sites excluding steroid dienone is 4. The fraction of sp³-hybridized carbons (Fsp3) is 0.0833. The molecule has 102 valence electrons. The third-order valence-electron chi connectivity index (χ3n) is 1.40. The summed E-state index contributed by atoms with van der Waals surface area (Å²) in [5, 5.41) is 0.260. The fourth-order valence-electron chi connectivity index (χ4n) is 0.664. The van der Waals surface area contributed by atoms with Gasteiger partial charge in [-0.2, -0.15) is 0 Å². The summed E-state index contributed by atoms with van der Waals surface area (Å²) in [4.78, 5) is 33.4. The molecule has 0 saturated heterocycles. The van der Waals surface area contributed by atoms with Crippen LogP contribution in [0.3, 0.4) is 0 Å². The zero-order chi connectivity index (χ0) is 14.8. The molecule has 0 aromatic carbocycles. The summed E-state index contributed by atoms with van der Waals surface area (Å²) in [6.07, 6.45) is 3.45. The minimum absolute atomic E-state index is 0.117. The van der Waals surface area contributed by atoms with Gasteiger partial charge in [-0.25, -0.2) is 4.79 Å². The second-order valence-electron chi connectivity index (χ2n) is 2.99. The van der Waals surface area contributed by atoms with Gasteiger partial charge in [-0.15, -0.1) is 0 Å². The topological polar surface area (TPSA) is 69.7 Å². The first-order valence-corrected chi connectivity index (χ1v) is 5.53. The number of ether oxygens (including phenoxy) is 2. The highest BCUT2D eigenvalue weighted by Crippen LogP contribution is 2.00. The van der Waals surface area contributed by atoms with Crippen LogP contribution in [0.2, 0.25) is 0 Å². The first-order chi connectivity index (χ1) is 8.82. The average Bonchev–Trinajstić information content (AvgIpc) is 2.27. The Morgan fingerprint density at radius 1 is 0.947 bits per heavy atom. The molecule has 5 nitrogen and oxygen atoms in total. The van der Waals surface area contributed by atoms with E-state index in [9.17, 15) is 14.4 Å². The summed E-state index contributed by atoms with van der Waals surface area (Å²) in [5.74, 6) is -3.20. The smallest absolute Gasteiger partial charge is 0.380 e. The fourth-order valence-corrected chi connectivity index (χ4v) is 0.767. The summed E-state index contributed by atoms with van der Waals surface area (Å²) in [6, 6.07) is 0. The number of halogens is 2. The average molecular weight is 305 g/mol. The molecule has 0 fully saturated rings. The quantitative estimate of drug-likeness (QED) is 0.238. The van der Waals surface area contributed by atoms with E-state index in [-0.39, 0.29) is 10.1 Å². The number of Topliss-reactive ketones (excluding diaryl/α,β-unsaturated/α-hetero) is 1. The Labute approximate surface area is 119 Å². The molecule has 0 heterocycles. The highest BCUT2D eigenvalue weighted by molar-refractivity contribution is 6.36. The molecule has 0 N–H and O–H groups in total. The van der Waals surface area contributed by atoms with Gasteiger partial charge in [0.15, 0.2) is 0 Å². The van der Waals surface area contributed by atoms with E-state index < -0.39 is 24.1 Å². The molecule has 19 heavy (non-hydrogen) atoms. The van der Waals surface area contributed by atoms with Gasteiger partial charge in [0.05, 0.1) is 12.5 Å². The molecule has 0 aromatic rings. The summed E-state index contributed by atoms with van der Waals surface area (Å²) < 4.78 is 8.85. The lowest BCUT2D eigenvalue weighted by atomic mass is 10.3. The van der Waals surface area contributed by atoms with Gasteiger partial charge in [-0.3, -0.25) is 9.59 Å². The highest BCUT2D eigenvalue weighted by Gasteiger charge is 2.19. The van der Waals surface area contributed by atoms with Crippen molar-refractivity contribution in [2.24, 2.45) is 0 Å². The normalized spacial score (nSPS) is 10.4. The Hall–Kier alpha value is -1.85. The van der Waals surface area contributed by atoms with E-state index in [1.165, 1.54) is 12.2 Å². The first-order valence-electron chi connectivity index (χ1n) is 4.78. The summed E-state index contributed by atoms with van der Waals surface area (Å²) in [7, 11) is 0. The zero-order valence-electron chi connectivity index (χ0n) is 9.73. The van der Waals surface area contributed by atoms with Crippen LogP contribution >= 0.6 is 23.2 Å². The van der Waals surface area contributed by atoms with Crippen LogP contribution in [0.4, 0.5) is 0 Å². The van der Waals surface area contributed by atoms with Gasteiger partial charge in [-0.05, 0) is 12.2 Å². The largest absolute Gasteiger partial charge is 0.434 e. The second kappa shape index (κ2) is 9.13. The predicted molar refractivity (Wildman–Crippen MR) is 70.1 cm³/mol. The van der Waals surface area contributed by atoms with Gasteiger partial charge in [0, 0.05) is 10.1 Å². The van der Waals surface area contributed by atoms with Crippen molar-refractivity contribution in [1.29, 1.82) is 0 Å². The van der Waals surface area contributed by atoms with E-state index in [2.05, 4.69) is 22.6 Å². The predicted octanol–water partition coefficient (Wildman–Crippen LogP) is 2.56. The Balaban J connectivity index is 4.15. The monoisotopic (exact) mass is 304 g/mol. The molecular weight excluding hydrogens is 295 g/mol. The zero-order valence-corrected chi connectivity index (χ0v) is 11.2. The molecule has 0 unspecified atom stereocenters. The molecule has 0 saturated carbocycles. The van der Waals surface area contributed by atoms with Crippen molar-refractivity contribution in [3.63, 3.8) is 0 Å². The third-order valence-corrected chi connectivity index (χ3v) is 1.66. The van der Waals surface area contributed by atoms with Crippen molar-refractivity contribution in [3.05, 3.63) is 47.9 Å². The molecule has 0 rings (SSSR count). The van der Waals surface area contributed by atoms with Crippen LogP contribution in [0.15, 0.2) is 47.9 Å². The molecule has 0 aliphatic carbocycles. The van der Waals surface area contributed by atoms with Crippen molar-refractivity contribution in [2.45, 2.75) is 6.42 Å². The van der Waals surface area contributed by atoms with E-state index in [1.807, 2.05) is 0 Å². The summed E-state index contributed by atoms with van der Waals surface area (Å²) >= 11 is 10.7. The molecule has 0 radical (unpaired) electrons. The number of carbonyl (C=O) groups excluding carboxylic acids is 3. The third kappa shape index (κ3) is 9.82. The van der Waals surface area contributed by atoms with Gasteiger partial charge >= 0.3 is 11.9 Å². The lowest BCUT2D eigenvalue weighted by Crippen LogP contribution is -2.19. The van der Waals surface area contributed by atoms with Crippen molar-refractivity contribution in [1.82, 2.24) is 0 Å². The minimum atomic E-state index is -1.21. The maximum atomic E-state index is 11.2. The van der Waals surface area contributed by atoms with Crippen molar-refractivity contribution in [2.75, 3.05) is 0 Å². The number of ketones is 1. The number of hydrogen-bond acceptors (Lipinski definition) is 5. The first kappa shape index (κ1) is 17.2. The number of esters is 2. The van der Waals surface area contributed by atoms with Gasteiger partial charge in [0.1, 0.15) is 6.42 Å². The maximum absolute atomic E-state index is 11.2. The number of rotatable bonds is 7. The van der Waals surface area contributed by atoms with Crippen LogP contribution in [0, 0.1) is 0 Å². The Bertz CT molecular complexity index is 463. The molecule has 0 aliphatic rings. The molecule has 0 aromatic heterocycles. The lowest BCUT2D eigenvalue weighted by Gasteiger charge is -1.98. The van der Waals surface area contributed by atoms with Gasteiger partial charge in [-0.1, -0.05) is 36.4 Å². The second-order valence-corrected chi connectivity index (χ2v) is 3.97. The lowest BCUT2D eigenvalue weighted by molar-refractivity contribution is -0.153. The Kier molecular flexibility index (Phi) is 8.24. The summed E-state index contributed by atoms with van der Waals surface area (Å²) in [5.41, 5.74) is 0. The molecule has 7 heteroatoms. The van der Waals surface area contributed by atoms with Gasteiger partial charge in [0.25, 0.3) is 5.78 Å². The van der Waals surface area contributed by atoms with Crippen molar-refractivity contribution >= 4 is 40.9 Å². The molecule has 0 aliphatic heterocycles. The van der Waals surface area contributed by atoms with E-state index in [4.69, 9.17) is 23.2 Å². The SMILES string of the molecule is C=C(Cl)C=COC(=O)CC(=O)C(=O)OC=CC(=C)Cl. The van der Waals surface area contributed by atoms with Crippen LogP contribution in [-0.4, -0.2) is 17.7 Å². The van der Waals surface area contributed by atoms with Gasteiger partial charge in [0.2, 0.25) is 0 Å². The van der Waals surface area contributed by atoms with E-state index in [0.29, 0.717) is 0 Å². The van der Waals surface area contributed by atoms with E-state index >= 15 is 0 Å². The van der Waals surface area contributed by atoms with Crippen LogP contribution in [0.5, 0.6) is 0 Å². The van der Waals surface area contributed by atoms with Gasteiger partial charge < -0.3 is 9.47 Å². The minimum Gasteiger partial charge on any atom is -0.434 e. The van der Waals surface area contributed by atoms with Crippen LogP contribution in [0.1, 0.15) is 6.42 Å². The number of hydrogen-bond donors (Lipinski definition) is 0. The molecular formula is C12H10Cl2O5. The van der Waals surface area contributed by atoms with Crippen LogP contribution < -0.4 is 0 Å². The molecule has 0 bridgehead atoms. The Morgan fingerprint density at radius 3 is 1.89 bits per heavy atom. The van der Waals surface area contributed by atoms with Crippen LogP contribution in [-0.2, 0) is 23.9 Å². The molecule has 0 spiro atoms.